The standard InChI is InChI=1S/C17H22IOS/c1-16(2,3)13-9-11(12-7-8-15(18)20-12)10-14(19-13)17(4,5)6/h7-10H,1-6H3/q+1. The van der Waals surface area contributed by atoms with Crippen LogP contribution in [-0.4, -0.2) is 0 Å². The Hall–Kier alpha value is -0.420. The monoisotopic (exact) mass is 401 g/mol. The normalized spacial score (nSPS) is 12.8. The zero-order chi connectivity index (χ0) is 15.1. The van der Waals surface area contributed by atoms with Crippen LogP contribution >= 0.6 is 33.9 Å². The van der Waals surface area contributed by atoms with Crippen LogP contribution in [0.1, 0.15) is 53.1 Å². The van der Waals surface area contributed by atoms with E-state index in [1.165, 1.54) is 13.3 Å². The van der Waals surface area contributed by atoms with E-state index in [1.807, 2.05) is 11.3 Å². The van der Waals surface area contributed by atoms with E-state index in [4.69, 9.17) is 4.42 Å². The van der Waals surface area contributed by atoms with Gasteiger partial charge in [0.05, 0.1) is 13.7 Å². The first kappa shape index (κ1) is 16.0. The predicted octanol–water partition coefficient (Wildman–Crippen LogP) is 6.49. The largest absolute Gasteiger partial charge is 0.335 e. The summed E-state index contributed by atoms with van der Waals surface area (Å²) in [5.41, 5.74) is 1.29. The second kappa shape index (κ2) is 5.41. The Morgan fingerprint density at radius 3 is 1.75 bits per heavy atom. The summed E-state index contributed by atoms with van der Waals surface area (Å²) in [6.45, 7) is 13.2. The van der Waals surface area contributed by atoms with E-state index in [0.29, 0.717) is 0 Å². The molecule has 0 aromatic carbocycles. The zero-order valence-corrected chi connectivity index (χ0v) is 16.0. The molecule has 0 saturated heterocycles. The van der Waals surface area contributed by atoms with Gasteiger partial charge in [0.2, 0.25) is 0 Å². The van der Waals surface area contributed by atoms with Crippen LogP contribution in [0, 0.1) is 2.88 Å². The number of hydrogen-bond donors (Lipinski definition) is 0. The molecule has 0 saturated carbocycles. The fourth-order valence-corrected chi connectivity index (χ4v) is 3.46. The van der Waals surface area contributed by atoms with Crippen LogP contribution in [-0.2, 0) is 10.8 Å². The van der Waals surface area contributed by atoms with Crippen molar-refractivity contribution in [2.24, 2.45) is 0 Å². The lowest BCUT2D eigenvalue weighted by Crippen LogP contribution is -2.16. The van der Waals surface area contributed by atoms with Crippen molar-refractivity contribution in [2.75, 3.05) is 0 Å². The molecular formula is C17H22IOS+. The highest BCUT2D eigenvalue weighted by atomic mass is 127. The number of halogens is 1. The Morgan fingerprint density at radius 2 is 1.40 bits per heavy atom. The summed E-state index contributed by atoms with van der Waals surface area (Å²) in [7, 11) is 0. The Bertz CT molecular complexity index is 582. The first-order valence-electron chi connectivity index (χ1n) is 6.82. The molecule has 2 rings (SSSR count). The van der Waals surface area contributed by atoms with E-state index in [1.54, 1.807) is 0 Å². The maximum Gasteiger partial charge on any atom is 0.335 e. The van der Waals surface area contributed by atoms with E-state index in [0.717, 1.165) is 11.5 Å². The topological polar surface area (TPSA) is 11.3 Å². The van der Waals surface area contributed by atoms with Crippen molar-refractivity contribution < 1.29 is 4.42 Å². The van der Waals surface area contributed by atoms with Crippen molar-refractivity contribution in [1.82, 2.24) is 0 Å². The van der Waals surface area contributed by atoms with Gasteiger partial charge >= 0.3 is 11.5 Å². The molecule has 0 aliphatic heterocycles. The lowest BCUT2D eigenvalue weighted by Gasteiger charge is -2.14. The quantitative estimate of drug-likeness (QED) is 0.393. The average Bonchev–Trinajstić information content (AvgIpc) is 2.73. The van der Waals surface area contributed by atoms with Gasteiger partial charge in [0, 0.05) is 22.6 Å². The fraction of sp³-hybridized carbons (Fsp3) is 0.471. The van der Waals surface area contributed by atoms with Crippen molar-refractivity contribution in [1.29, 1.82) is 0 Å². The van der Waals surface area contributed by atoms with Crippen LogP contribution in [0.4, 0.5) is 0 Å². The molecule has 0 amide bonds. The first-order valence-corrected chi connectivity index (χ1v) is 8.72. The number of thiophene rings is 1. The highest BCUT2D eigenvalue weighted by molar-refractivity contribution is 14.1. The van der Waals surface area contributed by atoms with Crippen LogP contribution in [0.3, 0.4) is 0 Å². The SMILES string of the molecule is CC(C)(C)c1cc(-c2ccc(I)s2)cc(C(C)(C)C)[o+]1. The lowest BCUT2D eigenvalue weighted by molar-refractivity contribution is 0.329. The molecule has 2 aromatic rings. The maximum atomic E-state index is 6.18. The van der Waals surface area contributed by atoms with Crippen molar-refractivity contribution >= 4 is 33.9 Å². The summed E-state index contributed by atoms with van der Waals surface area (Å²) in [6.07, 6.45) is 0. The molecule has 108 valence electrons. The second-order valence-corrected chi connectivity index (χ2v) is 10.2. The van der Waals surface area contributed by atoms with Gasteiger partial charge in [-0.2, -0.15) is 0 Å². The van der Waals surface area contributed by atoms with E-state index in [-0.39, 0.29) is 10.8 Å². The van der Waals surface area contributed by atoms with Crippen LogP contribution < -0.4 is 0 Å². The molecule has 2 aromatic heterocycles. The van der Waals surface area contributed by atoms with Crippen molar-refractivity contribution in [2.45, 2.75) is 52.4 Å². The van der Waals surface area contributed by atoms with E-state index < -0.39 is 0 Å². The number of rotatable bonds is 1. The summed E-state index contributed by atoms with van der Waals surface area (Å²) in [5.74, 6) is 2.09. The Morgan fingerprint density at radius 1 is 0.900 bits per heavy atom. The molecule has 0 fully saturated rings. The van der Waals surface area contributed by atoms with Crippen molar-refractivity contribution in [3.8, 4) is 10.4 Å². The zero-order valence-electron chi connectivity index (χ0n) is 13.0. The summed E-state index contributed by atoms with van der Waals surface area (Å²) in [5, 5.41) is 0. The van der Waals surface area contributed by atoms with Gasteiger partial charge in [-0.25, -0.2) is 4.42 Å². The van der Waals surface area contributed by atoms with Gasteiger partial charge in [0.1, 0.15) is 0 Å². The molecule has 0 bridgehead atoms. The Labute approximate surface area is 139 Å². The summed E-state index contributed by atoms with van der Waals surface area (Å²) in [4.78, 5) is 1.31. The van der Waals surface area contributed by atoms with E-state index in [9.17, 15) is 0 Å². The summed E-state index contributed by atoms with van der Waals surface area (Å²) < 4.78 is 7.49. The second-order valence-electron chi connectivity index (χ2n) is 7.18. The van der Waals surface area contributed by atoms with Gasteiger partial charge in [-0.3, -0.25) is 0 Å². The molecular weight excluding hydrogens is 379 g/mol. The molecule has 0 radical (unpaired) electrons. The minimum atomic E-state index is 0.0143. The van der Waals surface area contributed by atoms with Gasteiger partial charge in [-0.1, -0.05) is 0 Å². The Kier molecular flexibility index (Phi) is 4.32. The van der Waals surface area contributed by atoms with Gasteiger partial charge < -0.3 is 0 Å². The van der Waals surface area contributed by atoms with Gasteiger partial charge in [-0.15, -0.1) is 11.3 Å². The third kappa shape index (κ3) is 3.61. The number of hydrogen-bond acceptors (Lipinski definition) is 1. The molecule has 2 heterocycles. The molecule has 1 nitrogen and oxygen atoms in total. The molecule has 0 unspecified atom stereocenters. The predicted molar refractivity (Wildman–Crippen MR) is 96.5 cm³/mol. The third-order valence-corrected chi connectivity index (χ3v) is 5.07. The van der Waals surface area contributed by atoms with Crippen molar-refractivity contribution in [3.05, 3.63) is 38.7 Å². The van der Waals surface area contributed by atoms with E-state index >= 15 is 0 Å². The average molecular weight is 401 g/mol. The van der Waals surface area contributed by atoms with Gasteiger partial charge in [-0.05, 0) is 76.3 Å². The minimum absolute atomic E-state index is 0.0143. The summed E-state index contributed by atoms with van der Waals surface area (Å²) in [6, 6.07) is 8.74. The lowest BCUT2D eigenvalue weighted by atomic mass is 9.88. The van der Waals surface area contributed by atoms with Gasteiger partial charge in [0.25, 0.3) is 0 Å². The Balaban J connectivity index is 2.63. The van der Waals surface area contributed by atoms with E-state index in [2.05, 4.69) is 88.4 Å². The molecule has 0 aliphatic carbocycles. The van der Waals surface area contributed by atoms with Crippen LogP contribution in [0.15, 0.2) is 28.7 Å². The maximum absolute atomic E-state index is 6.18. The van der Waals surface area contributed by atoms with Crippen molar-refractivity contribution in [3.63, 3.8) is 0 Å². The third-order valence-electron chi connectivity index (χ3n) is 3.13. The molecule has 0 N–H and O–H groups in total. The highest BCUT2D eigenvalue weighted by Gasteiger charge is 2.34. The molecule has 3 heteroatoms. The minimum Gasteiger partial charge on any atom is -0.217 e. The van der Waals surface area contributed by atoms with Crippen LogP contribution in [0.25, 0.3) is 10.4 Å². The van der Waals surface area contributed by atoms with Crippen LogP contribution in [0.2, 0.25) is 0 Å². The molecule has 20 heavy (non-hydrogen) atoms. The highest BCUT2D eigenvalue weighted by Crippen LogP contribution is 2.36. The fourth-order valence-electron chi connectivity index (χ4n) is 1.85. The smallest absolute Gasteiger partial charge is 0.217 e. The summed E-state index contributed by atoms with van der Waals surface area (Å²) >= 11 is 4.20. The molecule has 0 atom stereocenters. The molecule has 0 spiro atoms. The van der Waals surface area contributed by atoms with Crippen LogP contribution in [0.5, 0.6) is 0 Å². The molecule has 0 aliphatic rings. The first-order chi connectivity index (χ1) is 9.07. The van der Waals surface area contributed by atoms with Gasteiger partial charge in [0.15, 0.2) is 0 Å².